The lowest BCUT2D eigenvalue weighted by Crippen LogP contribution is -2.11. The number of ether oxygens (including phenoxy) is 1. The number of carbonyl (C=O) groups excluding carboxylic acids is 2. The van der Waals surface area contributed by atoms with Crippen molar-refractivity contribution in [1.82, 2.24) is 0 Å². The van der Waals surface area contributed by atoms with E-state index in [1.807, 2.05) is 0 Å². The number of hydrogen-bond acceptors (Lipinski definition) is 3. The van der Waals surface area contributed by atoms with Crippen LogP contribution in [-0.4, -0.2) is 11.9 Å². The first-order chi connectivity index (χ1) is 6.63. The number of halogens is 1. The predicted molar refractivity (Wildman–Crippen MR) is 47.1 cm³/mol. The van der Waals surface area contributed by atoms with Gasteiger partial charge in [-0.1, -0.05) is 13.0 Å². The van der Waals surface area contributed by atoms with E-state index >= 15 is 0 Å². The smallest absolute Gasteiger partial charge is 0.345 e. The summed E-state index contributed by atoms with van der Waals surface area (Å²) in [6.45, 7) is 1.57. The van der Waals surface area contributed by atoms with E-state index in [0.717, 1.165) is 6.07 Å². The Morgan fingerprint density at radius 3 is 2.71 bits per heavy atom. The van der Waals surface area contributed by atoms with Gasteiger partial charge in [-0.05, 0) is 18.2 Å². The minimum Gasteiger partial charge on any atom is -0.389 e. The summed E-state index contributed by atoms with van der Waals surface area (Å²) >= 11 is 0. The molecular formula is C10H9FO3. The maximum atomic E-state index is 12.7. The molecule has 74 valence electrons. The molecule has 0 spiro atoms. The van der Waals surface area contributed by atoms with Gasteiger partial charge in [0.15, 0.2) is 0 Å². The second-order valence-electron chi connectivity index (χ2n) is 2.63. The third-order valence-corrected chi connectivity index (χ3v) is 1.56. The van der Waals surface area contributed by atoms with Crippen molar-refractivity contribution in [1.29, 1.82) is 0 Å². The van der Waals surface area contributed by atoms with Gasteiger partial charge in [0.1, 0.15) is 5.82 Å². The Morgan fingerprint density at radius 2 is 2.14 bits per heavy atom. The Bertz CT molecular complexity index is 360. The molecule has 0 unspecified atom stereocenters. The zero-order valence-electron chi connectivity index (χ0n) is 7.62. The molecule has 0 atom stereocenters. The standard InChI is InChI=1S/C10H9FO3/c1-2-9(12)14-10(13)7-4-3-5-8(11)6-7/h3-6H,2H2,1H3. The Labute approximate surface area is 80.5 Å². The fourth-order valence-electron chi connectivity index (χ4n) is 0.850. The monoisotopic (exact) mass is 196 g/mol. The van der Waals surface area contributed by atoms with Crippen molar-refractivity contribution >= 4 is 11.9 Å². The van der Waals surface area contributed by atoms with Crippen LogP contribution in [0.4, 0.5) is 4.39 Å². The van der Waals surface area contributed by atoms with Crippen LogP contribution in [0.1, 0.15) is 23.7 Å². The van der Waals surface area contributed by atoms with Crippen LogP contribution in [0.15, 0.2) is 24.3 Å². The lowest BCUT2D eigenvalue weighted by Gasteiger charge is -2.00. The van der Waals surface area contributed by atoms with E-state index in [4.69, 9.17) is 0 Å². The summed E-state index contributed by atoms with van der Waals surface area (Å²) in [5, 5.41) is 0. The van der Waals surface area contributed by atoms with E-state index in [2.05, 4.69) is 4.74 Å². The summed E-state index contributed by atoms with van der Waals surface area (Å²) in [5.41, 5.74) is 0.0341. The second kappa shape index (κ2) is 4.50. The van der Waals surface area contributed by atoms with Crippen LogP contribution in [0.2, 0.25) is 0 Å². The number of esters is 2. The van der Waals surface area contributed by atoms with Gasteiger partial charge in [-0.3, -0.25) is 4.79 Å². The minimum absolute atomic E-state index is 0.0341. The zero-order valence-corrected chi connectivity index (χ0v) is 7.62. The molecule has 3 nitrogen and oxygen atoms in total. The normalized spacial score (nSPS) is 9.57. The van der Waals surface area contributed by atoms with Crippen molar-refractivity contribution in [2.24, 2.45) is 0 Å². The Morgan fingerprint density at radius 1 is 1.43 bits per heavy atom. The predicted octanol–water partition coefficient (Wildman–Crippen LogP) is 1.92. The number of rotatable bonds is 2. The highest BCUT2D eigenvalue weighted by Crippen LogP contribution is 2.05. The first kappa shape index (κ1) is 10.4. The molecule has 0 aliphatic heterocycles. The first-order valence-corrected chi connectivity index (χ1v) is 4.14. The number of benzene rings is 1. The van der Waals surface area contributed by atoms with Gasteiger partial charge in [0.05, 0.1) is 5.56 Å². The van der Waals surface area contributed by atoms with Crippen LogP contribution >= 0.6 is 0 Å². The molecule has 0 saturated carbocycles. The summed E-state index contributed by atoms with van der Waals surface area (Å²) in [6.07, 6.45) is 0.112. The average Bonchev–Trinajstić information content (AvgIpc) is 2.17. The molecule has 0 fully saturated rings. The van der Waals surface area contributed by atoms with Crippen LogP contribution in [0.5, 0.6) is 0 Å². The fourth-order valence-corrected chi connectivity index (χ4v) is 0.850. The van der Waals surface area contributed by atoms with E-state index in [-0.39, 0.29) is 12.0 Å². The highest BCUT2D eigenvalue weighted by atomic mass is 19.1. The molecule has 1 aromatic rings. The van der Waals surface area contributed by atoms with Gasteiger partial charge in [-0.15, -0.1) is 0 Å². The Balaban J connectivity index is 2.75. The Hall–Kier alpha value is -1.71. The van der Waals surface area contributed by atoms with Gasteiger partial charge in [-0.2, -0.15) is 0 Å². The molecule has 0 amide bonds. The van der Waals surface area contributed by atoms with E-state index in [9.17, 15) is 14.0 Å². The molecule has 1 aromatic carbocycles. The highest BCUT2D eigenvalue weighted by molar-refractivity contribution is 5.96. The lowest BCUT2D eigenvalue weighted by atomic mass is 10.2. The molecule has 0 aliphatic carbocycles. The minimum atomic E-state index is -0.823. The van der Waals surface area contributed by atoms with Crippen LogP contribution in [0, 0.1) is 5.82 Å². The van der Waals surface area contributed by atoms with E-state index in [1.54, 1.807) is 6.92 Å². The maximum Gasteiger partial charge on any atom is 0.345 e. The molecule has 1 rings (SSSR count). The van der Waals surface area contributed by atoms with Crippen LogP contribution in [0.25, 0.3) is 0 Å². The van der Waals surface area contributed by atoms with Crippen molar-refractivity contribution in [2.75, 3.05) is 0 Å². The fraction of sp³-hybridized carbons (Fsp3) is 0.200. The summed E-state index contributed by atoms with van der Waals surface area (Å²) < 4.78 is 17.1. The van der Waals surface area contributed by atoms with Crippen molar-refractivity contribution < 1.29 is 18.7 Å². The van der Waals surface area contributed by atoms with Gasteiger partial charge in [0.2, 0.25) is 0 Å². The van der Waals surface area contributed by atoms with Gasteiger partial charge in [0.25, 0.3) is 0 Å². The molecule has 0 heterocycles. The topological polar surface area (TPSA) is 43.4 Å². The molecule has 0 aliphatic rings. The van der Waals surface area contributed by atoms with Gasteiger partial charge in [0, 0.05) is 6.42 Å². The van der Waals surface area contributed by atoms with Crippen LogP contribution in [-0.2, 0) is 9.53 Å². The number of carbonyl (C=O) groups is 2. The van der Waals surface area contributed by atoms with Crippen molar-refractivity contribution in [3.63, 3.8) is 0 Å². The van der Waals surface area contributed by atoms with Gasteiger partial charge < -0.3 is 4.74 Å². The van der Waals surface area contributed by atoms with Gasteiger partial charge >= 0.3 is 11.9 Å². The second-order valence-corrected chi connectivity index (χ2v) is 2.63. The molecular weight excluding hydrogens is 187 g/mol. The SMILES string of the molecule is CCC(=O)OC(=O)c1cccc(F)c1. The number of hydrogen-bond donors (Lipinski definition) is 0. The summed E-state index contributed by atoms with van der Waals surface area (Å²) in [5.74, 6) is -1.99. The third kappa shape index (κ3) is 2.65. The van der Waals surface area contributed by atoms with E-state index in [0.29, 0.717) is 0 Å². The molecule has 0 aromatic heterocycles. The molecule has 14 heavy (non-hydrogen) atoms. The molecule has 0 radical (unpaired) electrons. The van der Waals surface area contributed by atoms with Crippen LogP contribution in [0.3, 0.4) is 0 Å². The molecule has 0 saturated heterocycles. The quantitative estimate of drug-likeness (QED) is 0.536. The van der Waals surface area contributed by atoms with Crippen molar-refractivity contribution in [2.45, 2.75) is 13.3 Å². The molecule has 0 bridgehead atoms. The van der Waals surface area contributed by atoms with Crippen molar-refractivity contribution in [3.8, 4) is 0 Å². The Kier molecular flexibility index (Phi) is 3.34. The first-order valence-electron chi connectivity index (χ1n) is 4.14. The average molecular weight is 196 g/mol. The summed E-state index contributed by atoms with van der Waals surface area (Å²) in [4.78, 5) is 21.9. The molecule has 4 heteroatoms. The van der Waals surface area contributed by atoms with E-state index < -0.39 is 17.8 Å². The van der Waals surface area contributed by atoms with Crippen molar-refractivity contribution in [3.05, 3.63) is 35.6 Å². The summed E-state index contributed by atoms with van der Waals surface area (Å²) in [6, 6.07) is 4.99. The third-order valence-electron chi connectivity index (χ3n) is 1.56. The van der Waals surface area contributed by atoms with Crippen LogP contribution < -0.4 is 0 Å². The van der Waals surface area contributed by atoms with Gasteiger partial charge in [-0.25, -0.2) is 9.18 Å². The summed E-state index contributed by atoms with van der Waals surface area (Å²) in [7, 11) is 0. The zero-order chi connectivity index (χ0) is 10.6. The maximum absolute atomic E-state index is 12.7. The molecule has 0 N–H and O–H groups in total. The van der Waals surface area contributed by atoms with E-state index in [1.165, 1.54) is 18.2 Å². The largest absolute Gasteiger partial charge is 0.389 e. The lowest BCUT2D eigenvalue weighted by molar-refractivity contribution is -0.137. The highest BCUT2D eigenvalue weighted by Gasteiger charge is 2.11.